The average molecular weight is 764 g/mol. The van der Waals surface area contributed by atoms with Gasteiger partial charge >= 0.3 is 6.09 Å². The Morgan fingerprint density at radius 2 is 1.40 bits per heavy atom. The number of amides is 4. The molecule has 0 spiro atoms. The number of carbonyl (C=O) groups excluding carboxylic acids is 4. The van der Waals surface area contributed by atoms with Crippen molar-refractivity contribution < 1.29 is 23.9 Å². The third kappa shape index (κ3) is 8.65. The normalized spacial score (nSPS) is 14.2. The Hall–Kier alpha value is -6.95. The van der Waals surface area contributed by atoms with Gasteiger partial charge in [0.15, 0.2) is 5.69 Å². The summed E-state index contributed by atoms with van der Waals surface area (Å²) in [6.07, 6.45) is -0.323. The molecule has 6 aromatic rings. The first kappa shape index (κ1) is 38.3. The van der Waals surface area contributed by atoms with Gasteiger partial charge in [0.2, 0.25) is 5.91 Å². The van der Waals surface area contributed by atoms with Crippen molar-refractivity contribution in [3.8, 4) is 5.69 Å². The van der Waals surface area contributed by atoms with Crippen molar-refractivity contribution in [2.75, 3.05) is 29.5 Å². The van der Waals surface area contributed by atoms with Gasteiger partial charge in [-0.3, -0.25) is 14.4 Å². The van der Waals surface area contributed by atoms with Crippen molar-refractivity contribution in [3.63, 3.8) is 0 Å². The largest absolute Gasteiger partial charge is 0.444 e. The summed E-state index contributed by atoms with van der Waals surface area (Å²) in [4.78, 5) is 58.1. The molecule has 0 fully saturated rings. The third-order valence-corrected chi connectivity index (χ3v) is 9.83. The Morgan fingerprint density at radius 3 is 2.09 bits per heavy atom. The third-order valence-electron chi connectivity index (χ3n) is 9.83. The number of alkyl carbamates (subject to hydrolysis) is 1. The van der Waals surface area contributed by atoms with Gasteiger partial charge in [0, 0.05) is 48.6 Å². The first-order valence-electron chi connectivity index (χ1n) is 18.9. The molecular formula is C45H45N7O5. The van der Waals surface area contributed by atoms with Crippen molar-refractivity contribution in [2.24, 2.45) is 5.92 Å². The summed E-state index contributed by atoms with van der Waals surface area (Å²) in [6, 6.07) is 38.1. The smallest absolute Gasteiger partial charge is 0.407 e. The maximum atomic E-state index is 15.3. The number of anilines is 3. The quantitative estimate of drug-likeness (QED) is 0.112. The van der Waals surface area contributed by atoms with Crippen LogP contribution in [0.25, 0.3) is 16.6 Å². The van der Waals surface area contributed by atoms with Gasteiger partial charge in [-0.2, -0.15) is 5.10 Å². The Bertz CT molecular complexity index is 2420. The standard InChI is InChI=1S/C45H45N7O5/c1-45(2,3)57-44(56)47-27-36(41(53)48-31-17-7-5-8-18-31)39-25-29-15-11-12-16-30(29)28-51(39)43(55)35-26-33(46-4)23-24-38(35)52-37-22-14-13-21-34(37)40(50-52)42(54)49-32-19-9-6-10-20-32/h5-24,26,36,39,46H,25,27-28H2,1-4H3,(H,47,56)(H,48,53)(H,49,54)/t36?,39-/m0/s1. The van der Waals surface area contributed by atoms with Crippen molar-refractivity contribution in [3.05, 3.63) is 150 Å². The van der Waals surface area contributed by atoms with Gasteiger partial charge in [-0.05, 0) is 86.8 Å². The highest BCUT2D eigenvalue weighted by molar-refractivity contribution is 6.12. The number of para-hydroxylation sites is 3. The lowest BCUT2D eigenvalue weighted by molar-refractivity contribution is -0.121. The van der Waals surface area contributed by atoms with Crippen molar-refractivity contribution >= 4 is 51.8 Å². The van der Waals surface area contributed by atoms with Crippen LogP contribution in [-0.2, 0) is 22.5 Å². The summed E-state index contributed by atoms with van der Waals surface area (Å²) >= 11 is 0. The molecule has 1 aromatic heterocycles. The predicted octanol–water partition coefficient (Wildman–Crippen LogP) is 7.67. The molecule has 1 unspecified atom stereocenters. The number of nitrogens with zero attached hydrogens (tertiary/aromatic N) is 3. The molecule has 57 heavy (non-hydrogen) atoms. The maximum Gasteiger partial charge on any atom is 0.407 e. The molecule has 2 atom stereocenters. The van der Waals surface area contributed by atoms with Crippen molar-refractivity contribution in [1.82, 2.24) is 20.0 Å². The zero-order valence-corrected chi connectivity index (χ0v) is 32.3. The van der Waals surface area contributed by atoms with Gasteiger partial charge in [0.05, 0.1) is 22.7 Å². The Kier molecular flexibility index (Phi) is 11.0. The molecule has 12 nitrogen and oxygen atoms in total. The molecule has 1 aliphatic rings. The molecule has 12 heteroatoms. The van der Waals surface area contributed by atoms with Gasteiger partial charge < -0.3 is 30.9 Å². The zero-order valence-electron chi connectivity index (χ0n) is 32.3. The van der Waals surface area contributed by atoms with Crippen LogP contribution in [0.2, 0.25) is 0 Å². The van der Waals surface area contributed by atoms with E-state index in [0.717, 1.165) is 11.1 Å². The number of hydrogen-bond acceptors (Lipinski definition) is 7. The monoisotopic (exact) mass is 763 g/mol. The topological polar surface area (TPSA) is 147 Å². The average Bonchev–Trinajstić information content (AvgIpc) is 3.60. The van der Waals surface area contributed by atoms with E-state index in [1.807, 2.05) is 91.0 Å². The van der Waals surface area contributed by atoms with Gasteiger partial charge in [-0.25, -0.2) is 9.48 Å². The number of nitrogens with one attached hydrogen (secondary N) is 4. The van der Waals surface area contributed by atoms with Gasteiger partial charge in [-0.1, -0.05) is 78.9 Å². The Balaban J connectivity index is 1.31. The lowest BCUT2D eigenvalue weighted by Crippen LogP contribution is -2.54. The maximum absolute atomic E-state index is 15.3. The molecule has 2 heterocycles. The Labute approximate surface area is 331 Å². The van der Waals surface area contributed by atoms with Gasteiger partial charge in [-0.15, -0.1) is 0 Å². The molecule has 5 aromatic carbocycles. The van der Waals surface area contributed by atoms with Crippen LogP contribution >= 0.6 is 0 Å². The summed E-state index contributed by atoms with van der Waals surface area (Å²) in [5, 5.41) is 17.3. The molecule has 4 amide bonds. The van der Waals surface area contributed by atoms with Crippen molar-refractivity contribution in [1.29, 1.82) is 0 Å². The van der Waals surface area contributed by atoms with E-state index in [-0.39, 0.29) is 30.6 Å². The highest BCUT2D eigenvalue weighted by Gasteiger charge is 2.40. The van der Waals surface area contributed by atoms with E-state index in [4.69, 9.17) is 9.84 Å². The number of aromatic nitrogens is 2. The molecule has 7 rings (SSSR count). The van der Waals surface area contributed by atoms with Crippen LogP contribution in [0.4, 0.5) is 21.9 Å². The molecule has 0 aliphatic carbocycles. The molecule has 1 aliphatic heterocycles. The molecule has 0 radical (unpaired) electrons. The van der Waals surface area contributed by atoms with Crippen LogP contribution < -0.4 is 21.3 Å². The van der Waals surface area contributed by atoms with E-state index >= 15 is 4.79 Å². The Morgan fingerprint density at radius 1 is 0.772 bits per heavy atom. The van der Waals surface area contributed by atoms with E-state index in [9.17, 15) is 14.4 Å². The lowest BCUT2D eigenvalue weighted by atomic mass is 9.85. The van der Waals surface area contributed by atoms with Crippen molar-refractivity contribution in [2.45, 2.75) is 45.4 Å². The summed E-state index contributed by atoms with van der Waals surface area (Å²) in [5.41, 5.74) is 4.65. The van der Waals surface area contributed by atoms with E-state index in [1.54, 1.807) is 73.8 Å². The number of benzene rings is 5. The zero-order chi connectivity index (χ0) is 40.1. The van der Waals surface area contributed by atoms with Crippen LogP contribution in [0.1, 0.15) is 52.7 Å². The van der Waals surface area contributed by atoms with E-state index in [1.165, 1.54) is 0 Å². The minimum Gasteiger partial charge on any atom is -0.444 e. The molecule has 0 saturated carbocycles. The number of carbonyl (C=O) groups is 4. The minimum absolute atomic E-state index is 0.0999. The van der Waals surface area contributed by atoms with Gasteiger partial charge in [0.25, 0.3) is 11.8 Å². The summed E-state index contributed by atoms with van der Waals surface area (Å²) in [7, 11) is 1.77. The second-order valence-electron chi connectivity index (χ2n) is 14.9. The van der Waals surface area contributed by atoms with Crippen LogP contribution in [0.15, 0.2) is 127 Å². The first-order valence-corrected chi connectivity index (χ1v) is 18.9. The molecule has 0 bridgehead atoms. The number of rotatable bonds is 10. The van der Waals surface area contributed by atoms with Crippen LogP contribution in [0.5, 0.6) is 0 Å². The lowest BCUT2D eigenvalue weighted by Gasteiger charge is -2.41. The fourth-order valence-electron chi connectivity index (χ4n) is 7.13. The number of ether oxygens (including phenoxy) is 1. The number of fused-ring (bicyclic) bond motifs is 2. The highest BCUT2D eigenvalue weighted by atomic mass is 16.6. The molecule has 4 N–H and O–H groups in total. The summed E-state index contributed by atoms with van der Waals surface area (Å²) in [5.74, 6) is -2.01. The SMILES string of the molecule is CNc1ccc(-n2nc(C(=O)Nc3ccccc3)c3ccccc32)c(C(=O)N2Cc3ccccc3C[C@H]2C(CNC(=O)OC(C)(C)C)C(=O)Nc2ccccc2)c1. The van der Waals surface area contributed by atoms with E-state index in [0.29, 0.717) is 45.6 Å². The second-order valence-corrected chi connectivity index (χ2v) is 14.9. The highest BCUT2D eigenvalue weighted by Crippen LogP contribution is 2.33. The van der Waals surface area contributed by atoms with Crippen LogP contribution in [-0.4, -0.2) is 63.7 Å². The molecule has 290 valence electrons. The molecular weight excluding hydrogens is 719 g/mol. The summed E-state index contributed by atoms with van der Waals surface area (Å²) in [6.45, 7) is 5.40. The minimum atomic E-state index is -0.898. The van der Waals surface area contributed by atoms with E-state index < -0.39 is 29.6 Å². The fourth-order valence-corrected chi connectivity index (χ4v) is 7.13. The predicted molar refractivity (Wildman–Crippen MR) is 222 cm³/mol. The second kappa shape index (κ2) is 16.4. The first-order chi connectivity index (χ1) is 27.5. The van der Waals surface area contributed by atoms with Gasteiger partial charge in [0.1, 0.15) is 5.60 Å². The summed E-state index contributed by atoms with van der Waals surface area (Å²) < 4.78 is 7.17. The van der Waals surface area contributed by atoms with E-state index in [2.05, 4.69) is 21.3 Å². The fraction of sp³-hybridized carbons (Fsp3) is 0.222. The van der Waals surface area contributed by atoms with Crippen LogP contribution in [0, 0.1) is 5.92 Å². The number of hydrogen-bond donors (Lipinski definition) is 4. The molecule has 0 saturated heterocycles. The van der Waals surface area contributed by atoms with Crippen LogP contribution in [0.3, 0.4) is 0 Å².